The molecule has 104 valence electrons. The summed E-state index contributed by atoms with van der Waals surface area (Å²) >= 11 is 0. The molecule has 1 heterocycles. The summed E-state index contributed by atoms with van der Waals surface area (Å²) in [6, 6.07) is 10.5. The lowest BCUT2D eigenvalue weighted by Gasteiger charge is -2.18. The third-order valence-electron chi connectivity index (χ3n) is 2.90. The van der Waals surface area contributed by atoms with Crippen molar-refractivity contribution in [2.24, 2.45) is 0 Å². The highest BCUT2D eigenvalue weighted by atomic mass is 16.4. The van der Waals surface area contributed by atoms with E-state index in [1.165, 1.54) is 6.20 Å². The van der Waals surface area contributed by atoms with Crippen molar-refractivity contribution in [3.05, 3.63) is 53.9 Å². The first kappa shape index (κ1) is 13.8. The van der Waals surface area contributed by atoms with Crippen LogP contribution in [0.4, 0.5) is 0 Å². The van der Waals surface area contributed by atoms with Gasteiger partial charge < -0.3 is 10.4 Å². The number of H-pyrrole nitrogens is 1. The highest BCUT2D eigenvalue weighted by Gasteiger charge is 2.17. The summed E-state index contributed by atoms with van der Waals surface area (Å²) in [6.45, 7) is 0. The molecule has 2 aromatic rings. The molecule has 0 radical (unpaired) electrons. The predicted molar refractivity (Wildman–Crippen MR) is 72.1 cm³/mol. The van der Waals surface area contributed by atoms with Crippen molar-refractivity contribution in [2.45, 2.75) is 18.9 Å². The number of rotatable bonds is 6. The monoisotopic (exact) mass is 273 g/mol. The number of carboxylic acid groups (broad SMARTS) is 1. The number of nitrogens with one attached hydrogen (secondary N) is 2. The Morgan fingerprint density at radius 3 is 2.60 bits per heavy atom. The quantitative estimate of drug-likeness (QED) is 0.747. The number of carboxylic acids is 1. The second-order valence-corrected chi connectivity index (χ2v) is 4.34. The van der Waals surface area contributed by atoms with Gasteiger partial charge in [-0.25, -0.2) is 0 Å². The Morgan fingerprint density at radius 1 is 1.25 bits per heavy atom. The summed E-state index contributed by atoms with van der Waals surface area (Å²) in [5.41, 5.74) is 1.22. The third kappa shape index (κ3) is 3.68. The van der Waals surface area contributed by atoms with E-state index in [1.807, 2.05) is 30.3 Å². The van der Waals surface area contributed by atoms with Gasteiger partial charge in [-0.3, -0.25) is 14.7 Å². The Balaban J connectivity index is 2.10. The minimum Gasteiger partial charge on any atom is -0.481 e. The second-order valence-electron chi connectivity index (χ2n) is 4.34. The molecule has 3 N–H and O–H groups in total. The second kappa shape index (κ2) is 6.51. The van der Waals surface area contributed by atoms with Gasteiger partial charge in [-0.15, -0.1) is 0 Å². The standard InChI is InChI=1S/C14H15N3O3/c18-13(19)7-6-11(10-4-2-1-3-5-10)16-14(20)12-8-9-15-17-12/h1-5,8-9,11H,6-7H2,(H,15,17)(H,16,20)(H,18,19). The molecule has 1 atom stereocenters. The fraction of sp³-hybridized carbons (Fsp3) is 0.214. The van der Waals surface area contributed by atoms with Crippen LogP contribution in [0.3, 0.4) is 0 Å². The molecule has 0 spiro atoms. The average Bonchev–Trinajstić information content (AvgIpc) is 2.98. The number of carbonyl (C=O) groups is 2. The molecule has 0 saturated heterocycles. The van der Waals surface area contributed by atoms with Crippen molar-refractivity contribution in [1.29, 1.82) is 0 Å². The van der Waals surface area contributed by atoms with Crippen LogP contribution in [0.5, 0.6) is 0 Å². The molecule has 1 unspecified atom stereocenters. The zero-order chi connectivity index (χ0) is 14.4. The van der Waals surface area contributed by atoms with Gasteiger partial charge in [0.05, 0.1) is 6.04 Å². The Kier molecular flexibility index (Phi) is 4.49. The zero-order valence-corrected chi connectivity index (χ0v) is 10.7. The molecule has 0 aliphatic rings. The van der Waals surface area contributed by atoms with Gasteiger partial charge in [0.25, 0.3) is 5.91 Å². The van der Waals surface area contributed by atoms with Crippen LogP contribution >= 0.6 is 0 Å². The number of nitrogens with zero attached hydrogens (tertiary/aromatic N) is 1. The lowest BCUT2D eigenvalue weighted by Crippen LogP contribution is -2.29. The average molecular weight is 273 g/mol. The number of carbonyl (C=O) groups excluding carboxylic acids is 1. The fourth-order valence-electron chi connectivity index (χ4n) is 1.89. The fourth-order valence-corrected chi connectivity index (χ4v) is 1.89. The van der Waals surface area contributed by atoms with Crippen molar-refractivity contribution in [3.63, 3.8) is 0 Å². The first-order chi connectivity index (χ1) is 9.66. The Labute approximate surface area is 115 Å². The van der Waals surface area contributed by atoms with Gasteiger partial charge in [0.15, 0.2) is 0 Å². The first-order valence-corrected chi connectivity index (χ1v) is 6.24. The summed E-state index contributed by atoms with van der Waals surface area (Å²) in [6.07, 6.45) is 1.81. The normalized spacial score (nSPS) is 11.8. The van der Waals surface area contributed by atoms with E-state index < -0.39 is 5.97 Å². The first-order valence-electron chi connectivity index (χ1n) is 6.24. The lowest BCUT2D eigenvalue weighted by molar-refractivity contribution is -0.137. The van der Waals surface area contributed by atoms with Crippen LogP contribution in [0.2, 0.25) is 0 Å². The molecule has 1 amide bonds. The van der Waals surface area contributed by atoms with Gasteiger partial charge in [-0.2, -0.15) is 5.10 Å². The van der Waals surface area contributed by atoms with Gasteiger partial charge in [0.1, 0.15) is 5.69 Å². The minimum atomic E-state index is -0.887. The highest BCUT2D eigenvalue weighted by molar-refractivity contribution is 5.92. The number of hydrogen-bond donors (Lipinski definition) is 3. The van der Waals surface area contributed by atoms with Crippen LogP contribution in [-0.4, -0.2) is 27.2 Å². The van der Waals surface area contributed by atoms with E-state index in [1.54, 1.807) is 6.07 Å². The molecule has 0 bridgehead atoms. The smallest absolute Gasteiger partial charge is 0.303 e. The number of aromatic amines is 1. The minimum absolute atomic E-state index is 0.0111. The summed E-state index contributed by atoms with van der Waals surface area (Å²) in [4.78, 5) is 22.7. The maximum atomic E-state index is 12.0. The van der Waals surface area contributed by atoms with E-state index >= 15 is 0 Å². The van der Waals surface area contributed by atoms with E-state index in [2.05, 4.69) is 15.5 Å². The van der Waals surface area contributed by atoms with Crippen molar-refractivity contribution < 1.29 is 14.7 Å². The van der Waals surface area contributed by atoms with Crippen LogP contribution in [0.25, 0.3) is 0 Å². The molecule has 6 heteroatoms. The topological polar surface area (TPSA) is 95.1 Å². The largest absolute Gasteiger partial charge is 0.481 e. The zero-order valence-electron chi connectivity index (χ0n) is 10.7. The number of aliphatic carboxylic acids is 1. The van der Waals surface area contributed by atoms with Crippen molar-refractivity contribution in [3.8, 4) is 0 Å². The van der Waals surface area contributed by atoms with Gasteiger partial charge in [0, 0.05) is 12.6 Å². The van der Waals surface area contributed by atoms with Gasteiger partial charge in [-0.05, 0) is 18.1 Å². The number of aromatic nitrogens is 2. The summed E-state index contributed by atoms with van der Waals surface area (Å²) < 4.78 is 0. The molecule has 0 aliphatic heterocycles. The molecule has 1 aromatic carbocycles. The maximum Gasteiger partial charge on any atom is 0.303 e. The predicted octanol–water partition coefficient (Wildman–Crippen LogP) is 1.75. The molecule has 0 aliphatic carbocycles. The van der Waals surface area contributed by atoms with Crippen molar-refractivity contribution in [1.82, 2.24) is 15.5 Å². The van der Waals surface area contributed by atoms with Gasteiger partial charge in [0.2, 0.25) is 0 Å². The van der Waals surface area contributed by atoms with Gasteiger partial charge in [-0.1, -0.05) is 30.3 Å². The summed E-state index contributed by atoms with van der Waals surface area (Å²) in [5, 5.41) is 17.9. The number of hydrogen-bond acceptors (Lipinski definition) is 3. The Hall–Kier alpha value is -2.63. The molecule has 2 rings (SSSR count). The lowest BCUT2D eigenvalue weighted by atomic mass is 10.0. The molecule has 20 heavy (non-hydrogen) atoms. The molecular weight excluding hydrogens is 258 g/mol. The van der Waals surface area contributed by atoms with Crippen LogP contribution in [-0.2, 0) is 4.79 Å². The van der Waals surface area contributed by atoms with Gasteiger partial charge >= 0.3 is 5.97 Å². The van der Waals surface area contributed by atoms with Crippen LogP contribution in [0.15, 0.2) is 42.6 Å². The van der Waals surface area contributed by atoms with E-state index in [4.69, 9.17) is 5.11 Å². The van der Waals surface area contributed by atoms with Crippen molar-refractivity contribution in [2.75, 3.05) is 0 Å². The maximum absolute atomic E-state index is 12.0. The SMILES string of the molecule is O=C(O)CCC(NC(=O)c1ccn[nH]1)c1ccccc1. The van der Waals surface area contributed by atoms with E-state index in [0.717, 1.165) is 5.56 Å². The third-order valence-corrected chi connectivity index (χ3v) is 2.90. The Morgan fingerprint density at radius 2 is 2.00 bits per heavy atom. The van der Waals surface area contributed by atoms with Crippen LogP contribution < -0.4 is 5.32 Å². The molecule has 0 saturated carbocycles. The molecular formula is C14H15N3O3. The molecule has 0 fully saturated rings. The molecule has 6 nitrogen and oxygen atoms in total. The number of benzene rings is 1. The number of amides is 1. The van der Waals surface area contributed by atoms with E-state index in [0.29, 0.717) is 12.1 Å². The van der Waals surface area contributed by atoms with E-state index in [-0.39, 0.29) is 18.4 Å². The van der Waals surface area contributed by atoms with Crippen LogP contribution in [0, 0.1) is 0 Å². The Bertz CT molecular complexity index is 567. The van der Waals surface area contributed by atoms with Crippen LogP contribution in [0.1, 0.15) is 34.9 Å². The van der Waals surface area contributed by atoms with Crippen molar-refractivity contribution >= 4 is 11.9 Å². The summed E-state index contributed by atoms with van der Waals surface area (Å²) in [7, 11) is 0. The highest BCUT2D eigenvalue weighted by Crippen LogP contribution is 2.18. The van der Waals surface area contributed by atoms with E-state index in [9.17, 15) is 9.59 Å². The summed E-state index contributed by atoms with van der Waals surface area (Å²) in [5.74, 6) is -1.19. The molecule has 1 aromatic heterocycles.